The van der Waals surface area contributed by atoms with E-state index >= 15 is 0 Å². The van der Waals surface area contributed by atoms with Crippen LogP contribution in [-0.2, 0) is 4.79 Å². The van der Waals surface area contributed by atoms with E-state index in [0.29, 0.717) is 6.04 Å². The summed E-state index contributed by atoms with van der Waals surface area (Å²) < 4.78 is 0. The smallest absolute Gasteiger partial charge is 0.211 e. The molecule has 6 nitrogen and oxygen atoms in total. The summed E-state index contributed by atoms with van der Waals surface area (Å²) in [4.78, 5) is 28.0. The Morgan fingerprint density at radius 1 is 1.15 bits per heavy atom. The van der Waals surface area contributed by atoms with Crippen molar-refractivity contribution >= 4 is 17.9 Å². The molecule has 2 bridgehead atoms. The quantitative estimate of drug-likeness (QED) is 0.785. The Balaban J connectivity index is 1.60. The van der Waals surface area contributed by atoms with Gasteiger partial charge in [0.1, 0.15) is 6.17 Å². The number of hydrogen-bond donors (Lipinski definition) is 0. The van der Waals surface area contributed by atoms with E-state index in [1.165, 1.54) is 12.1 Å². The number of pyridine rings is 2. The second-order valence-corrected chi connectivity index (χ2v) is 7.84. The third-order valence-electron chi connectivity index (χ3n) is 6.16. The number of anilines is 2. The van der Waals surface area contributed by atoms with Crippen LogP contribution in [-0.4, -0.2) is 53.1 Å². The van der Waals surface area contributed by atoms with Crippen molar-refractivity contribution in [3.63, 3.8) is 0 Å². The third-order valence-corrected chi connectivity index (χ3v) is 6.16. The highest BCUT2D eigenvalue weighted by Gasteiger charge is 2.42. The van der Waals surface area contributed by atoms with Crippen LogP contribution in [0.3, 0.4) is 0 Å². The van der Waals surface area contributed by atoms with Gasteiger partial charge >= 0.3 is 0 Å². The fraction of sp³-hybridized carbons (Fsp3) is 0.476. The number of aryl methyl sites for hydroxylation is 1. The third kappa shape index (κ3) is 2.74. The van der Waals surface area contributed by atoms with E-state index in [-0.39, 0.29) is 6.17 Å². The Labute approximate surface area is 159 Å². The lowest BCUT2D eigenvalue weighted by Gasteiger charge is -2.47. The first kappa shape index (κ1) is 16.5. The largest absolute Gasteiger partial charge is 0.366 e. The van der Waals surface area contributed by atoms with Gasteiger partial charge in [-0.15, -0.1) is 0 Å². The molecule has 0 aliphatic carbocycles. The predicted molar refractivity (Wildman–Crippen MR) is 106 cm³/mol. The van der Waals surface area contributed by atoms with Gasteiger partial charge in [-0.2, -0.15) is 0 Å². The Morgan fingerprint density at radius 3 is 2.93 bits per heavy atom. The molecule has 0 saturated carbocycles. The van der Waals surface area contributed by atoms with Crippen molar-refractivity contribution in [3.8, 4) is 11.3 Å². The van der Waals surface area contributed by atoms with Crippen molar-refractivity contribution in [2.24, 2.45) is 0 Å². The van der Waals surface area contributed by atoms with Crippen LogP contribution in [0.2, 0.25) is 0 Å². The molecule has 0 spiro atoms. The van der Waals surface area contributed by atoms with Gasteiger partial charge in [0.25, 0.3) is 0 Å². The number of carbonyl (C=O) groups excluding carboxylic acids is 1. The average Bonchev–Trinajstić information content (AvgIpc) is 3.13. The summed E-state index contributed by atoms with van der Waals surface area (Å²) in [6.07, 6.45) is 7.41. The second kappa shape index (κ2) is 6.51. The molecule has 140 valence electrons. The molecule has 0 N–H and O–H groups in total. The molecule has 1 amide bonds. The topological polar surface area (TPSA) is 52.6 Å². The van der Waals surface area contributed by atoms with Crippen LogP contribution in [0.25, 0.3) is 11.3 Å². The van der Waals surface area contributed by atoms with Crippen molar-refractivity contribution in [2.45, 2.75) is 44.8 Å². The van der Waals surface area contributed by atoms with E-state index in [4.69, 9.17) is 4.98 Å². The average molecular weight is 363 g/mol. The molecule has 2 atom stereocenters. The number of likely N-dealkylation sites (tertiary alicyclic amines) is 1. The zero-order valence-corrected chi connectivity index (χ0v) is 15.7. The van der Waals surface area contributed by atoms with Crippen molar-refractivity contribution in [3.05, 3.63) is 36.2 Å². The highest BCUT2D eigenvalue weighted by molar-refractivity contribution is 5.76. The van der Waals surface area contributed by atoms with Gasteiger partial charge in [0.05, 0.1) is 17.4 Å². The number of rotatable bonds is 3. The van der Waals surface area contributed by atoms with Gasteiger partial charge in [-0.05, 0) is 56.9 Å². The summed E-state index contributed by atoms with van der Waals surface area (Å²) in [5, 5.41) is 0. The maximum Gasteiger partial charge on any atom is 0.211 e. The highest BCUT2D eigenvalue weighted by atomic mass is 16.1. The Hall–Kier alpha value is -2.63. The van der Waals surface area contributed by atoms with Crippen molar-refractivity contribution in [2.75, 3.05) is 29.4 Å². The van der Waals surface area contributed by atoms with Crippen LogP contribution in [0.15, 0.2) is 30.5 Å². The van der Waals surface area contributed by atoms with Crippen molar-refractivity contribution in [1.82, 2.24) is 14.9 Å². The Kier molecular flexibility index (Phi) is 3.99. The molecule has 5 heterocycles. The molecule has 6 heteroatoms. The molecular formula is C21H25N5O. The summed E-state index contributed by atoms with van der Waals surface area (Å²) in [6.45, 7) is 4.95. The van der Waals surface area contributed by atoms with E-state index in [0.717, 1.165) is 68.1 Å². The van der Waals surface area contributed by atoms with Crippen LogP contribution >= 0.6 is 0 Å². The van der Waals surface area contributed by atoms with Crippen LogP contribution < -0.4 is 9.80 Å². The fourth-order valence-electron chi connectivity index (χ4n) is 4.85. The zero-order chi connectivity index (χ0) is 18.4. The van der Waals surface area contributed by atoms with Gasteiger partial charge < -0.3 is 14.7 Å². The number of amides is 1. The summed E-state index contributed by atoms with van der Waals surface area (Å²) in [5.74, 6) is 1.04. The van der Waals surface area contributed by atoms with Crippen molar-refractivity contribution < 1.29 is 4.79 Å². The maximum absolute atomic E-state index is 11.7. The minimum atomic E-state index is 0.127. The summed E-state index contributed by atoms with van der Waals surface area (Å²) in [5.41, 5.74) is 4.26. The first-order chi connectivity index (χ1) is 13.2. The van der Waals surface area contributed by atoms with Gasteiger partial charge in [-0.1, -0.05) is 0 Å². The second-order valence-electron chi connectivity index (χ2n) is 7.84. The Bertz CT molecular complexity index is 869. The molecule has 1 unspecified atom stereocenters. The number of carbonyl (C=O) groups is 1. The predicted octanol–water partition coefficient (Wildman–Crippen LogP) is 2.82. The molecule has 0 radical (unpaired) electrons. The number of aromatic nitrogens is 2. The first-order valence-electron chi connectivity index (χ1n) is 9.93. The lowest BCUT2D eigenvalue weighted by molar-refractivity contribution is -0.121. The number of nitrogens with zero attached hydrogens (tertiary/aromatic N) is 5. The van der Waals surface area contributed by atoms with Gasteiger partial charge in [0.2, 0.25) is 6.41 Å². The van der Waals surface area contributed by atoms with E-state index < -0.39 is 0 Å². The van der Waals surface area contributed by atoms with Gasteiger partial charge in [-0.3, -0.25) is 9.78 Å². The van der Waals surface area contributed by atoms with Crippen LogP contribution in [0.5, 0.6) is 0 Å². The van der Waals surface area contributed by atoms with E-state index in [9.17, 15) is 4.79 Å². The maximum atomic E-state index is 11.7. The molecule has 2 saturated heterocycles. The lowest BCUT2D eigenvalue weighted by Crippen LogP contribution is -2.57. The first-order valence-corrected chi connectivity index (χ1v) is 9.93. The van der Waals surface area contributed by atoms with Crippen LogP contribution in [0.4, 0.5) is 11.5 Å². The van der Waals surface area contributed by atoms with E-state index in [1.54, 1.807) is 0 Å². The molecule has 2 aromatic rings. The normalized spacial score (nSPS) is 24.1. The van der Waals surface area contributed by atoms with E-state index in [1.807, 2.05) is 24.1 Å². The van der Waals surface area contributed by atoms with Gasteiger partial charge in [0.15, 0.2) is 5.82 Å². The number of piperidine rings is 1. The van der Waals surface area contributed by atoms with Crippen molar-refractivity contribution in [1.29, 1.82) is 0 Å². The Morgan fingerprint density at radius 2 is 2.07 bits per heavy atom. The van der Waals surface area contributed by atoms with Crippen LogP contribution in [0, 0.1) is 6.92 Å². The number of hydrogen-bond acceptors (Lipinski definition) is 5. The van der Waals surface area contributed by atoms with Gasteiger partial charge in [-0.25, -0.2) is 4.98 Å². The molecule has 0 aromatic carbocycles. The molecule has 5 rings (SSSR count). The molecular weight excluding hydrogens is 338 g/mol. The van der Waals surface area contributed by atoms with Crippen LogP contribution in [0.1, 0.15) is 31.4 Å². The molecule has 2 aromatic heterocycles. The summed E-state index contributed by atoms with van der Waals surface area (Å²) in [7, 11) is 0. The minimum absolute atomic E-state index is 0.127. The monoisotopic (exact) mass is 363 g/mol. The standard InChI is InChI=1S/C21H25N5O/c1-15-12-16(7-9-22-15)18-5-6-19-21(23-18)26(17-8-11-24(19)13-17)20-4-2-3-10-25(20)14-27/h5-7,9,12,14,17,20H,2-4,8,10-11,13H2,1H3/t17-,20?/m0/s1. The zero-order valence-electron chi connectivity index (χ0n) is 15.7. The summed E-state index contributed by atoms with van der Waals surface area (Å²) in [6, 6.07) is 8.85. The number of fused-ring (bicyclic) bond motifs is 4. The summed E-state index contributed by atoms with van der Waals surface area (Å²) >= 11 is 0. The molecule has 2 fully saturated rings. The highest BCUT2D eigenvalue weighted by Crippen LogP contribution is 2.42. The molecule has 27 heavy (non-hydrogen) atoms. The van der Waals surface area contributed by atoms with E-state index in [2.05, 4.69) is 33.0 Å². The SMILES string of the molecule is Cc1cc(-c2ccc3c(n2)N(C2CCCCN2C=O)[C@H]2CCN3C2)ccn1. The molecule has 3 aliphatic rings. The molecule has 3 aliphatic heterocycles. The van der Waals surface area contributed by atoms with Gasteiger partial charge in [0, 0.05) is 37.1 Å². The lowest BCUT2D eigenvalue weighted by atomic mass is 10.0. The fourth-order valence-corrected chi connectivity index (χ4v) is 4.85. The minimum Gasteiger partial charge on any atom is -0.366 e.